The largest absolute Gasteiger partial charge is 0.301 e. The van der Waals surface area contributed by atoms with Crippen molar-refractivity contribution in [3.05, 3.63) is 0 Å². The lowest BCUT2D eigenvalue weighted by molar-refractivity contribution is -0.140. The first-order chi connectivity index (χ1) is 4.93. The van der Waals surface area contributed by atoms with Gasteiger partial charge in [0, 0.05) is 5.54 Å². The summed E-state index contributed by atoms with van der Waals surface area (Å²) in [6, 6.07) is 0. The number of carbonyl (C=O) groups is 2. The molecule has 3 nitrogen and oxygen atoms in total. The molecule has 1 rings (SSSR count). The summed E-state index contributed by atoms with van der Waals surface area (Å²) in [6.07, 6.45) is 0. The zero-order chi connectivity index (χ0) is 8.65. The molecule has 0 atom stereocenters. The molecule has 0 unspecified atom stereocenters. The number of ketones is 1. The van der Waals surface area contributed by atoms with Crippen LogP contribution >= 0.6 is 11.9 Å². The van der Waals surface area contributed by atoms with Crippen LogP contribution in [0.4, 0.5) is 0 Å². The molecule has 4 heteroatoms. The van der Waals surface area contributed by atoms with Crippen LogP contribution < -0.4 is 0 Å². The normalized spacial score (nSPS) is 19.7. The molecule has 0 bridgehead atoms. The SMILES string of the molecule is CC(C)(C)N1SCC(=O)C1=O. The third-order valence-corrected chi connectivity index (χ3v) is 2.72. The van der Waals surface area contributed by atoms with Crippen LogP contribution in [0.5, 0.6) is 0 Å². The highest BCUT2D eigenvalue weighted by Gasteiger charge is 2.37. The fraction of sp³-hybridized carbons (Fsp3) is 0.714. The van der Waals surface area contributed by atoms with Crippen molar-refractivity contribution in [2.45, 2.75) is 26.3 Å². The molecular weight excluding hydrogens is 162 g/mol. The van der Waals surface area contributed by atoms with Crippen LogP contribution in [0, 0.1) is 0 Å². The van der Waals surface area contributed by atoms with Gasteiger partial charge in [0.05, 0.1) is 5.75 Å². The molecule has 0 N–H and O–H groups in total. The Hall–Kier alpha value is -0.510. The molecule has 1 aliphatic rings. The molecule has 1 saturated heterocycles. The Labute approximate surface area is 70.3 Å². The van der Waals surface area contributed by atoms with Crippen molar-refractivity contribution >= 4 is 23.6 Å². The monoisotopic (exact) mass is 173 g/mol. The third kappa shape index (κ3) is 1.56. The fourth-order valence-corrected chi connectivity index (χ4v) is 1.83. The van der Waals surface area contributed by atoms with E-state index in [9.17, 15) is 9.59 Å². The van der Waals surface area contributed by atoms with Crippen molar-refractivity contribution < 1.29 is 9.59 Å². The third-order valence-electron chi connectivity index (χ3n) is 1.36. The van der Waals surface area contributed by atoms with Crippen LogP contribution in [-0.2, 0) is 9.59 Å². The van der Waals surface area contributed by atoms with Gasteiger partial charge in [-0.05, 0) is 32.7 Å². The maximum absolute atomic E-state index is 11.1. The summed E-state index contributed by atoms with van der Waals surface area (Å²) in [4.78, 5) is 21.9. The first-order valence-electron chi connectivity index (χ1n) is 3.43. The van der Waals surface area contributed by atoms with Gasteiger partial charge in [-0.1, -0.05) is 0 Å². The molecule has 0 aliphatic carbocycles. The zero-order valence-corrected chi connectivity index (χ0v) is 7.70. The van der Waals surface area contributed by atoms with Crippen molar-refractivity contribution in [2.24, 2.45) is 0 Å². The number of hydrogen-bond donors (Lipinski definition) is 0. The highest BCUT2D eigenvalue weighted by molar-refractivity contribution is 7.99. The van der Waals surface area contributed by atoms with Gasteiger partial charge in [0.15, 0.2) is 0 Å². The summed E-state index contributed by atoms with van der Waals surface area (Å²) < 4.78 is 1.54. The standard InChI is InChI=1S/C7H11NO2S/c1-7(2,3)8-6(10)5(9)4-11-8/h4H2,1-3H3. The first-order valence-corrected chi connectivity index (χ1v) is 4.37. The summed E-state index contributed by atoms with van der Waals surface area (Å²) in [5.74, 6) is -0.344. The van der Waals surface area contributed by atoms with Crippen molar-refractivity contribution in [1.82, 2.24) is 4.31 Å². The Morgan fingerprint density at radius 3 is 2.09 bits per heavy atom. The van der Waals surface area contributed by atoms with E-state index in [0.717, 1.165) is 0 Å². The molecule has 0 aromatic carbocycles. The van der Waals surface area contributed by atoms with Gasteiger partial charge >= 0.3 is 5.91 Å². The van der Waals surface area contributed by atoms with E-state index in [4.69, 9.17) is 0 Å². The molecule has 11 heavy (non-hydrogen) atoms. The van der Waals surface area contributed by atoms with Crippen LogP contribution in [0.25, 0.3) is 0 Å². The van der Waals surface area contributed by atoms with Crippen LogP contribution in [0.1, 0.15) is 20.8 Å². The molecule has 0 radical (unpaired) electrons. The van der Waals surface area contributed by atoms with Gasteiger partial charge in [0.25, 0.3) is 0 Å². The topological polar surface area (TPSA) is 37.4 Å². The number of amides is 1. The minimum Gasteiger partial charge on any atom is -0.288 e. The van der Waals surface area contributed by atoms with Crippen LogP contribution in [0.3, 0.4) is 0 Å². The summed E-state index contributed by atoms with van der Waals surface area (Å²) in [6.45, 7) is 5.74. The average molecular weight is 173 g/mol. The first kappa shape index (κ1) is 8.59. The number of carbonyl (C=O) groups excluding carboxylic acids is 2. The highest BCUT2D eigenvalue weighted by Crippen LogP contribution is 2.28. The van der Waals surface area contributed by atoms with E-state index < -0.39 is 0 Å². The molecule has 1 heterocycles. The maximum atomic E-state index is 11.1. The second kappa shape index (κ2) is 2.52. The zero-order valence-electron chi connectivity index (χ0n) is 6.88. The maximum Gasteiger partial charge on any atom is 0.301 e. The Morgan fingerprint density at radius 1 is 1.36 bits per heavy atom. The van der Waals surface area contributed by atoms with Gasteiger partial charge in [-0.3, -0.25) is 13.9 Å². The minimum absolute atomic E-state index is 0.242. The van der Waals surface area contributed by atoms with Gasteiger partial charge in [0.2, 0.25) is 5.78 Å². The number of rotatable bonds is 0. The van der Waals surface area contributed by atoms with Crippen LogP contribution in [0.15, 0.2) is 0 Å². The van der Waals surface area contributed by atoms with Crippen molar-refractivity contribution in [1.29, 1.82) is 0 Å². The summed E-state index contributed by atoms with van der Waals surface area (Å²) in [5, 5.41) is 0. The van der Waals surface area contributed by atoms with Gasteiger partial charge in [0.1, 0.15) is 0 Å². The Morgan fingerprint density at radius 2 is 1.91 bits per heavy atom. The average Bonchev–Trinajstić information content (AvgIpc) is 2.11. The minimum atomic E-state index is -0.359. The Bertz CT molecular complexity index is 207. The second-order valence-electron chi connectivity index (χ2n) is 3.47. The van der Waals surface area contributed by atoms with Gasteiger partial charge in [-0.2, -0.15) is 0 Å². The van der Waals surface area contributed by atoms with Crippen molar-refractivity contribution in [3.8, 4) is 0 Å². The van der Waals surface area contributed by atoms with Gasteiger partial charge < -0.3 is 0 Å². The molecule has 1 amide bonds. The molecule has 0 aromatic rings. The number of Topliss-reactive ketones (excluding diaryl/α,β-unsaturated/α-hetero) is 1. The quantitative estimate of drug-likeness (QED) is 0.402. The van der Waals surface area contributed by atoms with E-state index in [1.807, 2.05) is 20.8 Å². The van der Waals surface area contributed by atoms with Gasteiger partial charge in [-0.25, -0.2) is 0 Å². The molecule has 0 aromatic heterocycles. The number of nitrogens with zero attached hydrogens (tertiary/aromatic N) is 1. The van der Waals surface area contributed by atoms with Crippen LogP contribution in [-0.4, -0.2) is 27.3 Å². The lowest BCUT2D eigenvalue weighted by atomic mass is 10.1. The van der Waals surface area contributed by atoms with E-state index >= 15 is 0 Å². The number of hydrogen-bond acceptors (Lipinski definition) is 3. The van der Waals surface area contributed by atoms with E-state index in [-0.39, 0.29) is 17.2 Å². The Balaban J connectivity index is 2.78. The lowest BCUT2D eigenvalue weighted by Crippen LogP contribution is -2.39. The lowest BCUT2D eigenvalue weighted by Gasteiger charge is -2.28. The molecule has 62 valence electrons. The summed E-state index contributed by atoms with van der Waals surface area (Å²) in [5.41, 5.74) is -0.242. The van der Waals surface area contributed by atoms with Crippen LogP contribution in [0.2, 0.25) is 0 Å². The smallest absolute Gasteiger partial charge is 0.288 e. The molecule has 0 saturated carbocycles. The van der Waals surface area contributed by atoms with E-state index in [1.165, 1.54) is 16.3 Å². The van der Waals surface area contributed by atoms with Crippen molar-refractivity contribution in [3.63, 3.8) is 0 Å². The molecule has 0 spiro atoms. The van der Waals surface area contributed by atoms with Gasteiger partial charge in [-0.15, -0.1) is 0 Å². The molecule has 1 fully saturated rings. The summed E-state index contributed by atoms with van der Waals surface area (Å²) >= 11 is 1.30. The molecule has 1 aliphatic heterocycles. The second-order valence-corrected chi connectivity index (χ2v) is 4.38. The van der Waals surface area contributed by atoms with E-state index in [1.54, 1.807) is 0 Å². The molecular formula is C7H11NO2S. The predicted molar refractivity (Wildman–Crippen MR) is 44.1 cm³/mol. The van der Waals surface area contributed by atoms with E-state index in [2.05, 4.69) is 0 Å². The predicted octanol–water partition coefficient (Wildman–Crippen LogP) is 0.844. The van der Waals surface area contributed by atoms with Crippen molar-refractivity contribution in [2.75, 3.05) is 5.75 Å². The highest BCUT2D eigenvalue weighted by atomic mass is 32.2. The van der Waals surface area contributed by atoms with E-state index in [0.29, 0.717) is 5.75 Å². The fourth-order valence-electron chi connectivity index (χ4n) is 0.855. The Kier molecular flexibility index (Phi) is 1.96. The summed E-state index contributed by atoms with van der Waals surface area (Å²) in [7, 11) is 0.